The van der Waals surface area contributed by atoms with E-state index in [2.05, 4.69) is 20.7 Å². The van der Waals surface area contributed by atoms with Gasteiger partial charge >= 0.3 is 12.0 Å². The summed E-state index contributed by atoms with van der Waals surface area (Å²) in [4.78, 5) is 33.6. The van der Waals surface area contributed by atoms with Crippen LogP contribution in [0.5, 0.6) is 0 Å². The van der Waals surface area contributed by atoms with Gasteiger partial charge in [-0.05, 0) is 19.8 Å². The smallest absolute Gasteiger partial charge is 0.325 e. The number of hydrogen-bond donors (Lipinski definition) is 3. The Balaban J connectivity index is 2.24. The van der Waals surface area contributed by atoms with E-state index in [0.29, 0.717) is 13.0 Å². The first kappa shape index (κ1) is 13.3. The predicted octanol–water partition coefficient (Wildman–Crippen LogP) is -0.873. The van der Waals surface area contributed by atoms with Crippen LogP contribution < -0.4 is 16.0 Å². The number of nitrogens with one attached hydrogen (secondary N) is 3. The Morgan fingerprint density at radius 2 is 2.29 bits per heavy atom. The topological polar surface area (TPSA) is 96.5 Å². The maximum atomic E-state index is 11.4. The normalized spacial score (nSPS) is 19.1. The van der Waals surface area contributed by atoms with Crippen LogP contribution in [0.25, 0.3) is 0 Å². The lowest BCUT2D eigenvalue weighted by Crippen LogP contribution is -2.53. The summed E-state index contributed by atoms with van der Waals surface area (Å²) in [5.74, 6) is -0.696. The van der Waals surface area contributed by atoms with Gasteiger partial charge in [0, 0.05) is 6.54 Å². The number of amides is 3. The van der Waals surface area contributed by atoms with Crippen molar-refractivity contribution in [1.82, 2.24) is 16.0 Å². The Labute approximate surface area is 99.3 Å². The third-order valence-electron chi connectivity index (χ3n) is 2.29. The number of urea groups is 1. The van der Waals surface area contributed by atoms with E-state index >= 15 is 0 Å². The van der Waals surface area contributed by atoms with Gasteiger partial charge in [0.25, 0.3) is 0 Å². The molecule has 0 spiro atoms. The molecule has 0 aromatic rings. The average molecular weight is 243 g/mol. The number of esters is 1. The van der Waals surface area contributed by atoms with Crippen molar-refractivity contribution < 1.29 is 19.1 Å². The molecule has 7 heteroatoms. The summed E-state index contributed by atoms with van der Waals surface area (Å²) >= 11 is 0. The molecule has 0 aromatic heterocycles. The van der Waals surface area contributed by atoms with Gasteiger partial charge in [-0.3, -0.25) is 9.59 Å². The van der Waals surface area contributed by atoms with Crippen LogP contribution in [0.4, 0.5) is 4.79 Å². The van der Waals surface area contributed by atoms with Gasteiger partial charge in [-0.1, -0.05) is 0 Å². The summed E-state index contributed by atoms with van der Waals surface area (Å²) in [5.41, 5.74) is 0. The van der Waals surface area contributed by atoms with Crippen molar-refractivity contribution in [2.75, 3.05) is 19.7 Å². The minimum absolute atomic E-state index is 0.192. The molecule has 17 heavy (non-hydrogen) atoms. The Morgan fingerprint density at radius 1 is 1.53 bits per heavy atom. The van der Waals surface area contributed by atoms with E-state index in [1.165, 1.54) is 0 Å². The van der Waals surface area contributed by atoms with Crippen molar-refractivity contribution in [3.05, 3.63) is 0 Å². The summed E-state index contributed by atoms with van der Waals surface area (Å²) < 4.78 is 4.64. The highest BCUT2D eigenvalue weighted by atomic mass is 16.5. The largest absolute Gasteiger partial charge is 0.465 e. The fraction of sp³-hybridized carbons (Fsp3) is 0.700. The number of ether oxygens (including phenoxy) is 1. The molecule has 0 bridgehead atoms. The third kappa shape index (κ3) is 4.71. The molecule has 0 aliphatic carbocycles. The third-order valence-corrected chi connectivity index (χ3v) is 2.29. The van der Waals surface area contributed by atoms with Crippen molar-refractivity contribution in [2.45, 2.75) is 25.8 Å². The first-order valence-corrected chi connectivity index (χ1v) is 5.61. The van der Waals surface area contributed by atoms with Gasteiger partial charge in [-0.15, -0.1) is 0 Å². The highest BCUT2D eigenvalue weighted by Crippen LogP contribution is 2.02. The summed E-state index contributed by atoms with van der Waals surface area (Å²) in [7, 11) is 0. The first-order chi connectivity index (χ1) is 8.13. The molecule has 1 saturated heterocycles. The van der Waals surface area contributed by atoms with Crippen LogP contribution in [0.1, 0.15) is 19.8 Å². The van der Waals surface area contributed by atoms with E-state index in [0.717, 1.165) is 6.42 Å². The van der Waals surface area contributed by atoms with Crippen LogP contribution in [0.2, 0.25) is 0 Å². The van der Waals surface area contributed by atoms with Gasteiger partial charge in [-0.2, -0.15) is 0 Å². The van der Waals surface area contributed by atoms with Crippen LogP contribution >= 0.6 is 0 Å². The number of piperidine rings is 1. The molecule has 0 saturated carbocycles. The molecule has 1 aliphatic rings. The summed E-state index contributed by atoms with van der Waals surface area (Å²) in [5, 5.41) is 7.48. The van der Waals surface area contributed by atoms with Gasteiger partial charge in [0.05, 0.1) is 6.61 Å². The van der Waals surface area contributed by atoms with E-state index in [4.69, 9.17) is 0 Å². The van der Waals surface area contributed by atoms with Gasteiger partial charge in [0.1, 0.15) is 12.6 Å². The first-order valence-electron chi connectivity index (χ1n) is 5.61. The van der Waals surface area contributed by atoms with Crippen LogP contribution in [0.3, 0.4) is 0 Å². The molecule has 96 valence electrons. The minimum atomic E-state index is -0.542. The van der Waals surface area contributed by atoms with E-state index in [9.17, 15) is 14.4 Å². The molecule has 0 radical (unpaired) electrons. The molecular formula is C10H17N3O4. The van der Waals surface area contributed by atoms with Crippen LogP contribution in [0.15, 0.2) is 0 Å². The predicted molar refractivity (Wildman–Crippen MR) is 59.2 cm³/mol. The molecule has 1 unspecified atom stereocenters. The molecule has 1 rings (SSSR count). The minimum Gasteiger partial charge on any atom is -0.465 e. The number of hydrogen-bond acceptors (Lipinski definition) is 4. The Hall–Kier alpha value is -1.79. The van der Waals surface area contributed by atoms with Crippen LogP contribution in [-0.4, -0.2) is 43.6 Å². The summed E-state index contributed by atoms with van der Waals surface area (Å²) in [6.07, 6.45) is 1.44. The van der Waals surface area contributed by atoms with Crippen molar-refractivity contribution in [1.29, 1.82) is 0 Å². The van der Waals surface area contributed by atoms with Gasteiger partial charge < -0.3 is 20.7 Å². The lowest BCUT2D eigenvalue weighted by Gasteiger charge is -2.22. The zero-order valence-electron chi connectivity index (χ0n) is 9.75. The summed E-state index contributed by atoms with van der Waals surface area (Å²) in [6, 6.07) is -1.06. The molecule has 1 aliphatic heterocycles. The van der Waals surface area contributed by atoms with Gasteiger partial charge in [0.2, 0.25) is 5.91 Å². The highest BCUT2D eigenvalue weighted by molar-refractivity contribution is 5.88. The van der Waals surface area contributed by atoms with Crippen molar-refractivity contribution >= 4 is 17.9 Å². The monoisotopic (exact) mass is 243 g/mol. The fourth-order valence-corrected chi connectivity index (χ4v) is 1.48. The fourth-order valence-electron chi connectivity index (χ4n) is 1.48. The number of carbonyl (C=O) groups excluding carboxylic acids is 3. The SMILES string of the molecule is CCOC(=O)CNC(=O)NC1CCCNC1=O. The lowest BCUT2D eigenvalue weighted by atomic mass is 10.1. The second-order valence-electron chi connectivity index (χ2n) is 3.62. The van der Waals surface area contributed by atoms with Crippen molar-refractivity contribution in [3.8, 4) is 0 Å². The Morgan fingerprint density at radius 3 is 2.94 bits per heavy atom. The Bertz CT molecular complexity index is 306. The highest BCUT2D eigenvalue weighted by Gasteiger charge is 2.23. The zero-order valence-corrected chi connectivity index (χ0v) is 9.75. The molecule has 0 aromatic carbocycles. The molecular weight excluding hydrogens is 226 g/mol. The quantitative estimate of drug-likeness (QED) is 0.559. The second-order valence-corrected chi connectivity index (χ2v) is 3.62. The summed E-state index contributed by atoms with van der Waals surface area (Å²) in [6.45, 7) is 2.40. The van der Waals surface area contributed by atoms with E-state index in [1.54, 1.807) is 6.92 Å². The van der Waals surface area contributed by atoms with Crippen LogP contribution in [-0.2, 0) is 14.3 Å². The lowest BCUT2D eigenvalue weighted by molar-refractivity contribution is -0.141. The molecule has 1 heterocycles. The molecule has 3 amide bonds. The zero-order chi connectivity index (χ0) is 12.7. The van der Waals surface area contributed by atoms with E-state index < -0.39 is 18.0 Å². The average Bonchev–Trinajstić information content (AvgIpc) is 2.30. The molecule has 3 N–H and O–H groups in total. The van der Waals surface area contributed by atoms with E-state index in [1.807, 2.05) is 0 Å². The molecule has 1 atom stereocenters. The van der Waals surface area contributed by atoms with Crippen molar-refractivity contribution in [2.24, 2.45) is 0 Å². The van der Waals surface area contributed by atoms with Crippen molar-refractivity contribution in [3.63, 3.8) is 0 Å². The number of carbonyl (C=O) groups is 3. The van der Waals surface area contributed by atoms with E-state index in [-0.39, 0.29) is 19.1 Å². The maximum absolute atomic E-state index is 11.4. The second kappa shape index (κ2) is 6.72. The Kier molecular flexibility index (Phi) is 5.25. The molecule has 1 fully saturated rings. The standard InChI is InChI=1S/C10H17N3O4/c1-2-17-8(14)6-12-10(16)13-7-4-3-5-11-9(7)15/h7H,2-6H2,1H3,(H,11,15)(H2,12,13,16). The molecule has 7 nitrogen and oxygen atoms in total. The van der Waals surface area contributed by atoms with Crippen LogP contribution in [0, 0.1) is 0 Å². The maximum Gasteiger partial charge on any atom is 0.325 e. The van der Waals surface area contributed by atoms with Gasteiger partial charge in [0.15, 0.2) is 0 Å². The van der Waals surface area contributed by atoms with Gasteiger partial charge in [-0.25, -0.2) is 4.79 Å². The number of rotatable bonds is 4.